The lowest BCUT2D eigenvalue weighted by Gasteiger charge is -2.18. The van der Waals surface area contributed by atoms with Gasteiger partial charge < -0.3 is 9.47 Å². The molecule has 0 bridgehead atoms. The first-order valence-corrected chi connectivity index (χ1v) is 9.09. The van der Waals surface area contributed by atoms with E-state index in [4.69, 9.17) is 9.47 Å². The average Bonchev–Trinajstić information content (AvgIpc) is 2.56. The maximum atomic E-state index is 12.7. The molecule has 0 aliphatic carbocycles. The molecule has 130 valence electrons. The van der Waals surface area contributed by atoms with Crippen LogP contribution in [0.15, 0.2) is 41.3 Å². The van der Waals surface area contributed by atoms with Gasteiger partial charge in [0.1, 0.15) is 11.5 Å². The summed E-state index contributed by atoms with van der Waals surface area (Å²) in [6.07, 6.45) is 0. The van der Waals surface area contributed by atoms with Gasteiger partial charge in [-0.1, -0.05) is 12.1 Å². The molecule has 2 aromatic carbocycles. The van der Waals surface area contributed by atoms with E-state index in [1.807, 2.05) is 38.1 Å². The maximum absolute atomic E-state index is 12.7. The van der Waals surface area contributed by atoms with E-state index in [9.17, 15) is 8.42 Å². The van der Waals surface area contributed by atoms with Crippen LogP contribution in [0.25, 0.3) is 0 Å². The number of methoxy groups -OCH3 is 2. The summed E-state index contributed by atoms with van der Waals surface area (Å²) in [5.41, 5.74) is 2.36. The minimum atomic E-state index is -3.64. The fourth-order valence-corrected chi connectivity index (χ4v) is 4.07. The van der Waals surface area contributed by atoms with Crippen LogP contribution in [0.2, 0.25) is 0 Å². The van der Waals surface area contributed by atoms with Gasteiger partial charge in [-0.2, -0.15) is 0 Å². The quantitative estimate of drug-likeness (QED) is 0.868. The van der Waals surface area contributed by atoms with Crippen molar-refractivity contribution in [3.05, 3.63) is 53.1 Å². The molecule has 0 aliphatic rings. The molecule has 0 aromatic heterocycles. The Labute approximate surface area is 143 Å². The maximum Gasteiger partial charge on any atom is 0.241 e. The molecule has 0 saturated carbocycles. The van der Waals surface area contributed by atoms with E-state index in [0.717, 1.165) is 16.9 Å². The topological polar surface area (TPSA) is 64.6 Å². The van der Waals surface area contributed by atoms with Crippen LogP contribution in [0.4, 0.5) is 0 Å². The normalized spacial score (nSPS) is 12.7. The molecule has 0 saturated heterocycles. The molecule has 24 heavy (non-hydrogen) atoms. The lowest BCUT2D eigenvalue weighted by Crippen LogP contribution is -2.27. The Bertz CT molecular complexity index is 814. The molecule has 0 fully saturated rings. The molecule has 0 aliphatic heterocycles. The van der Waals surface area contributed by atoms with Crippen molar-refractivity contribution in [3.8, 4) is 11.5 Å². The second-order valence-electron chi connectivity index (χ2n) is 5.63. The summed E-state index contributed by atoms with van der Waals surface area (Å²) in [7, 11) is -0.476. The van der Waals surface area contributed by atoms with Crippen molar-refractivity contribution in [3.63, 3.8) is 0 Å². The van der Waals surface area contributed by atoms with Gasteiger partial charge in [0.15, 0.2) is 0 Å². The highest BCUT2D eigenvalue weighted by atomic mass is 32.2. The summed E-state index contributed by atoms with van der Waals surface area (Å²) in [4.78, 5) is 0.265. The van der Waals surface area contributed by atoms with Gasteiger partial charge in [-0.3, -0.25) is 0 Å². The minimum absolute atomic E-state index is 0.265. The summed E-state index contributed by atoms with van der Waals surface area (Å²) in [6, 6.07) is 10.2. The average molecular weight is 349 g/mol. The first-order chi connectivity index (χ1) is 11.3. The summed E-state index contributed by atoms with van der Waals surface area (Å²) >= 11 is 0. The number of rotatable bonds is 6. The van der Waals surface area contributed by atoms with E-state index in [2.05, 4.69) is 4.72 Å². The van der Waals surface area contributed by atoms with E-state index in [-0.39, 0.29) is 10.9 Å². The number of benzene rings is 2. The highest BCUT2D eigenvalue weighted by Gasteiger charge is 2.22. The summed E-state index contributed by atoms with van der Waals surface area (Å²) in [5, 5.41) is 0. The van der Waals surface area contributed by atoms with Gasteiger partial charge in [0.2, 0.25) is 10.0 Å². The van der Waals surface area contributed by atoms with Gasteiger partial charge in [0.05, 0.1) is 19.1 Å². The van der Waals surface area contributed by atoms with E-state index in [1.54, 1.807) is 33.3 Å². The predicted octanol–water partition coefficient (Wildman–Crippen LogP) is 3.36. The zero-order valence-electron chi connectivity index (χ0n) is 14.6. The van der Waals surface area contributed by atoms with Crippen LogP contribution in [-0.4, -0.2) is 22.6 Å². The Morgan fingerprint density at radius 1 is 0.917 bits per heavy atom. The molecule has 5 nitrogen and oxygen atoms in total. The number of sulfonamides is 1. The number of nitrogens with one attached hydrogen (secondary N) is 1. The molecule has 0 spiro atoms. The molecular formula is C18H23NO4S. The van der Waals surface area contributed by atoms with Crippen LogP contribution >= 0.6 is 0 Å². The van der Waals surface area contributed by atoms with Gasteiger partial charge in [0, 0.05) is 6.04 Å². The third-order valence-electron chi connectivity index (χ3n) is 4.14. The molecule has 0 heterocycles. The van der Waals surface area contributed by atoms with E-state index < -0.39 is 10.0 Å². The number of hydrogen-bond acceptors (Lipinski definition) is 4. The predicted molar refractivity (Wildman–Crippen MR) is 94.2 cm³/mol. The Kier molecular flexibility index (Phi) is 5.51. The Morgan fingerprint density at radius 2 is 1.54 bits per heavy atom. The lowest BCUT2D eigenvalue weighted by atomic mass is 10.1. The van der Waals surface area contributed by atoms with Crippen LogP contribution in [0.5, 0.6) is 11.5 Å². The Hall–Kier alpha value is -2.05. The van der Waals surface area contributed by atoms with E-state index in [0.29, 0.717) is 11.3 Å². The van der Waals surface area contributed by atoms with Crippen molar-refractivity contribution in [2.45, 2.75) is 31.7 Å². The van der Waals surface area contributed by atoms with Gasteiger partial charge in [0.25, 0.3) is 0 Å². The van der Waals surface area contributed by atoms with Crippen molar-refractivity contribution in [2.75, 3.05) is 14.2 Å². The Balaban J connectivity index is 2.29. The standard InChI is InChI=1S/C18H23NO4S/c1-12-13(2)18(11-10-17(12)23-5)24(20,21)19-14(3)15-6-8-16(22-4)9-7-15/h6-11,14,19H,1-5H3. The highest BCUT2D eigenvalue weighted by Crippen LogP contribution is 2.28. The van der Waals surface area contributed by atoms with Crippen molar-refractivity contribution in [2.24, 2.45) is 0 Å². The zero-order chi connectivity index (χ0) is 17.9. The number of ether oxygens (including phenoxy) is 2. The van der Waals surface area contributed by atoms with Crippen LogP contribution in [0.1, 0.15) is 29.7 Å². The van der Waals surface area contributed by atoms with Crippen LogP contribution in [-0.2, 0) is 10.0 Å². The molecule has 2 aromatic rings. The van der Waals surface area contributed by atoms with E-state index >= 15 is 0 Å². The van der Waals surface area contributed by atoms with Crippen molar-refractivity contribution in [1.82, 2.24) is 4.72 Å². The van der Waals surface area contributed by atoms with Crippen molar-refractivity contribution >= 4 is 10.0 Å². The first-order valence-electron chi connectivity index (χ1n) is 7.60. The van der Waals surface area contributed by atoms with Crippen LogP contribution in [0.3, 0.4) is 0 Å². The fourth-order valence-electron chi connectivity index (χ4n) is 2.54. The largest absolute Gasteiger partial charge is 0.497 e. The summed E-state index contributed by atoms with van der Waals surface area (Å²) in [5.74, 6) is 1.41. The van der Waals surface area contributed by atoms with Gasteiger partial charge in [-0.25, -0.2) is 13.1 Å². The fraction of sp³-hybridized carbons (Fsp3) is 0.333. The summed E-state index contributed by atoms with van der Waals surface area (Å²) < 4.78 is 38.6. The van der Waals surface area contributed by atoms with Crippen molar-refractivity contribution < 1.29 is 17.9 Å². The third-order valence-corrected chi connectivity index (χ3v) is 5.83. The second-order valence-corrected chi connectivity index (χ2v) is 7.31. The van der Waals surface area contributed by atoms with Crippen molar-refractivity contribution in [1.29, 1.82) is 0 Å². The SMILES string of the molecule is COc1ccc(C(C)NS(=O)(=O)c2ccc(OC)c(C)c2C)cc1. The molecule has 6 heteroatoms. The van der Waals surface area contributed by atoms with E-state index in [1.165, 1.54) is 0 Å². The van der Waals surface area contributed by atoms with Crippen LogP contribution < -0.4 is 14.2 Å². The molecule has 0 amide bonds. The molecule has 1 unspecified atom stereocenters. The zero-order valence-corrected chi connectivity index (χ0v) is 15.4. The van der Waals surface area contributed by atoms with Gasteiger partial charge >= 0.3 is 0 Å². The monoisotopic (exact) mass is 349 g/mol. The molecule has 1 N–H and O–H groups in total. The molecule has 0 radical (unpaired) electrons. The van der Waals surface area contributed by atoms with Gasteiger partial charge in [-0.15, -0.1) is 0 Å². The first kappa shape index (κ1) is 18.3. The van der Waals surface area contributed by atoms with Crippen LogP contribution in [0, 0.1) is 13.8 Å². The second kappa shape index (κ2) is 7.23. The number of hydrogen-bond donors (Lipinski definition) is 1. The molecule has 2 rings (SSSR count). The molecule has 1 atom stereocenters. The summed E-state index contributed by atoms with van der Waals surface area (Å²) in [6.45, 7) is 5.44. The minimum Gasteiger partial charge on any atom is -0.497 e. The smallest absolute Gasteiger partial charge is 0.241 e. The third kappa shape index (κ3) is 3.71. The lowest BCUT2D eigenvalue weighted by molar-refractivity contribution is 0.410. The molecular weight excluding hydrogens is 326 g/mol. The Morgan fingerprint density at radius 3 is 2.08 bits per heavy atom. The van der Waals surface area contributed by atoms with Gasteiger partial charge in [-0.05, 0) is 61.7 Å². The highest BCUT2D eigenvalue weighted by molar-refractivity contribution is 7.89.